The number of para-hydroxylation sites is 1. The van der Waals surface area contributed by atoms with E-state index in [0.717, 1.165) is 15.6 Å². The van der Waals surface area contributed by atoms with E-state index in [0.29, 0.717) is 18.0 Å². The quantitative estimate of drug-likeness (QED) is 0.924. The monoisotopic (exact) mass is 347 g/mol. The summed E-state index contributed by atoms with van der Waals surface area (Å²) in [6, 6.07) is 7.92. The summed E-state index contributed by atoms with van der Waals surface area (Å²) in [7, 11) is 0. The van der Waals surface area contributed by atoms with Gasteiger partial charge in [-0.25, -0.2) is 4.98 Å². The summed E-state index contributed by atoms with van der Waals surface area (Å²) in [6.07, 6.45) is 0. The van der Waals surface area contributed by atoms with Crippen molar-refractivity contribution in [2.45, 2.75) is 31.3 Å². The smallest absolute Gasteiger partial charge is 0.270 e. The lowest BCUT2D eigenvalue weighted by Gasteiger charge is -2.28. The van der Waals surface area contributed by atoms with E-state index in [4.69, 9.17) is 0 Å². The van der Waals surface area contributed by atoms with E-state index in [1.807, 2.05) is 38.1 Å². The molecule has 1 aromatic carbocycles. The second-order valence-electron chi connectivity index (χ2n) is 5.49. The molecule has 0 spiro atoms. The number of thioether (sulfide) groups is 1. The number of aromatic nitrogens is 1. The maximum Gasteiger partial charge on any atom is 0.270 e. The van der Waals surface area contributed by atoms with Gasteiger partial charge in [0, 0.05) is 16.3 Å². The average molecular weight is 347 g/mol. The maximum atomic E-state index is 12.3. The molecular weight excluding hydrogens is 330 g/mol. The number of nitrogens with one attached hydrogen (secondary N) is 1. The number of hydrogen-bond acceptors (Lipinski definition) is 5. The predicted octanol–water partition coefficient (Wildman–Crippen LogP) is 2.92. The number of anilines is 1. The van der Waals surface area contributed by atoms with Crippen molar-refractivity contribution in [1.82, 2.24) is 10.3 Å². The van der Waals surface area contributed by atoms with Gasteiger partial charge in [0.1, 0.15) is 10.7 Å². The number of thiazole rings is 1. The number of carbonyl (C=O) groups is 2. The van der Waals surface area contributed by atoms with Gasteiger partial charge in [-0.05, 0) is 26.0 Å². The van der Waals surface area contributed by atoms with Gasteiger partial charge in [0.15, 0.2) is 0 Å². The van der Waals surface area contributed by atoms with Crippen LogP contribution in [-0.2, 0) is 11.3 Å². The van der Waals surface area contributed by atoms with E-state index < -0.39 is 0 Å². The number of nitrogens with zero attached hydrogens (tertiary/aromatic N) is 2. The third-order valence-corrected chi connectivity index (χ3v) is 5.19. The minimum Gasteiger partial charge on any atom is -0.349 e. The van der Waals surface area contributed by atoms with Crippen LogP contribution in [-0.4, -0.2) is 28.6 Å². The average Bonchev–Trinajstić information content (AvgIpc) is 2.98. The first-order valence-corrected chi connectivity index (χ1v) is 9.18. The first-order chi connectivity index (χ1) is 11.0. The van der Waals surface area contributed by atoms with Crippen LogP contribution >= 0.6 is 23.1 Å². The molecule has 120 valence electrons. The summed E-state index contributed by atoms with van der Waals surface area (Å²) in [5.74, 6) is 0.323. The Morgan fingerprint density at radius 1 is 1.39 bits per heavy atom. The predicted molar refractivity (Wildman–Crippen MR) is 93.1 cm³/mol. The second-order valence-corrected chi connectivity index (χ2v) is 7.45. The van der Waals surface area contributed by atoms with Crippen molar-refractivity contribution in [3.05, 3.63) is 40.3 Å². The molecule has 2 amide bonds. The zero-order valence-electron chi connectivity index (χ0n) is 12.9. The van der Waals surface area contributed by atoms with E-state index in [2.05, 4.69) is 10.3 Å². The third-order valence-electron chi connectivity index (χ3n) is 3.31. The summed E-state index contributed by atoms with van der Waals surface area (Å²) in [6.45, 7) is 4.22. The zero-order chi connectivity index (χ0) is 16.4. The highest BCUT2D eigenvalue weighted by Gasteiger charge is 2.25. The normalized spacial score (nSPS) is 14.0. The summed E-state index contributed by atoms with van der Waals surface area (Å²) in [5, 5.41) is 5.32. The molecule has 2 heterocycles. The number of hydrogen-bond donors (Lipinski definition) is 1. The van der Waals surface area contributed by atoms with Crippen molar-refractivity contribution in [2.24, 2.45) is 0 Å². The molecule has 0 fully saturated rings. The molecule has 3 rings (SSSR count). The SMILES string of the molecule is CC(C)NC(=O)c1csc(CN2C(=O)CSc3ccccc32)n1. The van der Waals surface area contributed by atoms with E-state index >= 15 is 0 Å². The highest BCUT2D eigenvalue weighted by Crippen LogP contribution is 2.35. The third kappa shape index (κ3) is 3.56. The fourth-order valence-corrected chi connectivity index (χ4v) is 3.98. The fraction of sp³-hybridized carbons (Fsp3) is 0.312. The number of fused-ring (bicyclic) bond motifs is 1. The number of amides is 2. The van der Waals surface area contributed by atoms with Crippen molar-refractivity contribution >= 4 is 40.6 Å². The van der Waals surface area contributed by atoms with Gasteiger partial charge < -0.3 is 10.2 Å². The highest BCUT2D eigenvalue weighted by molar-refractivity contribution is 8.00. The first-order valence-electron chi connectivity index (χ1n) is 7.32. The van der Waals surface area contributed by atoms with Crippen LogP contribution in [0.3, 0.4) is 0 Å². The van der Waals surface area contributed by atoms with Gasteiger partial charge in [0.2, 0.25) is 5.91 Å². The zero-order valence-corrected chi connectivity index (χ0v) is 14.5. The van der Waals surface area contributed by atoms with Gasteiger partial charge in [-0.2, -0.15) is 0 Å². The molecule has 7 heteroatoms. The Morgan fingerprint density at radius 3 is 2.96 bits per heavy atom. The molecule has 1 aromatic heterocycles. The molecule has 0 saturated carbocycles. The fourth-order valence-electron chi connectivity index (χ4n) is 2.29. The van der Waals surface area contributed by atoms with Crippen LogP contribution in [0.5, 0.6) is 0 Å². The largest absolute Gasteiger partial charge is 0.349 e. The van der Waals surface area contributed by atoms with E-state index in [1.54, 1.807) is 22.0 Å². The molecule has 0 aliphatic carbocycles. The summed E-state index contributed by atoms with van der Waals surface area (Å²) in [4.78, 5) is 31.4. The van der Waals surface area contributed by atoms with Crippen LogP contribution in [0, 0.1) is 0 Å². The van der Waals surface area contributed by atoms with E-state index in [1.165, 1.54) is 11.3 Å². The Hall–Kier alpha value is -1.86. The van der Waals surface area contributed by atoms with Crippen LogP contribution in [0.4, 0.5) is 5.69 Å². The Labute approximate surface area is 143 Å². The number of benzene rings is 1. The van der Waals surface area contributed by atoms with E-state index in [9.17, 15) is 9.59 Å². The van der Waals surface area contributed by atoms with Crippen molar-refractivity contribution in [2.75, 3.05) is 10.7 Å². The topological polar surface area (TPSA) is 62.3 Å². The van der Waals surface area contributed by atoms with Crippen molar-refractivity contribution in [1.29, 1.82) is 0 Å². The molecule has 0 radical (unpaired) electrons. The van der Waals surface area contributed by atoms with Gasteiger partial charge in [0.05, 0.1) is 18.0 Å². The van der Waals surface area contributed by atoms with Crippen molar-refractivity contribution < 1.29 is 9.59 Å². The molecule has 1 aliphatic heterocycles. The lowest BCUT2D eigenvalue weighted by molar-refractivity contribution is -0.116. The van der Waals surface area contributed by atoms with Crippen molar-refractivity contribution in [3.63, 3.8) is 0 Å². The second kappa shape index (κ2) is 6.72. The van der Waals surface area contributed by atoms with Gasteiger partial charge in [0.25, 0.3) is 5.91 Å². The molecule has 0 bridgehead atoms. The molecule has 5 nitrogen and oxygen atoms in total. The van der Waals surface area contributed by atoms with Gasteiger partial charge in [-0.15, -0.1) is 23.1 Å². The molecule has 23 heavy (non-hydrogen) atoms. The molecule has 1 N–H and O–H groups in total. The number of rotatable bonds is 4. The van der Waals surface area contributed by atoms with Crippen LogP contribution in [0.2, 0.25) is 0 Å². The van der Waals surface area contributed by atoms with Crippen molar-refractivity contribution in [3.8, 4) is 0 Å². The summed E-state index contributed by atoms with van der Waals surface area (Å²) < 4.78 is 0. The molecule has 1 aliphatic rings. The molecule has 0 saturated heterocycles. The Balaban J connectivity index is 1.79. The molecular formula is C16H17N3O2S2. The maximum absolute atomic E-state index is 12.3. The van der Waals surface area contributed by atoms with Gasteiger partial charge in [-0.3, -0.25) is 9.59 Å². The summed E-state index contributed by atoms with van der Waals surface area (Å²) >= 11 is 2.96. The Kier molecular flexibility index (Phi) is 4.68. The molecule has 0 unspecified atom stereocenters. The van der Waals surface area contributed by atoms with Crippen LogP contribution in [0.25, 0.3) is 0 Å². The number of carbonyl (C=O) groups excluding carboxylic acids is 2. The van der Waals surface area contributed by atoms with Gasteiger partial charge >= 0.3 is 0 Å². The lowest BCUT2D eigenvalue weighted by Crippen LogP contribution is -2.34. The Morgan fingerprint density at radius 2 is 2.17 bits per heavy atom. The van der Waals surface area contributed by atoms with Crippen LogP contribution in [0.1, 0.15) is 29.3 Å². The minimum atomic E-state index is -0.177. The molecule has 0 atom stereocenters. The van der Waals surface area contributed by atoms with Gasteiger partial charge in [-0.1, -0.05) is 12.1 Å². The minimum absolute atomic E-state index is 0.0667. The first kappa shape index (κ1) is 16.0. The Bertz CT molecular complexity index is 742. The summed E-state index contributed by atoms with van der Waals surface area (Å²) in [5.41, 5.74) is 1.32. The van der Waals surface area contributed by atoms with E-state index in [-0.39, 0.29) is 17.9 Å². The van der Waals surface area contributed by atoms with Crippen LogP contribution in [0.15, 0.2) is 34.5 Å². The standard InChI is InChI=1S/C16H17N3O2S2/c1-10(2)17-16(21)11-8-23-14(18-11)7-19-12-5-3-4-6-13(12)22-9-15(19)20/h3-6,8,10H,7,9H2,1-2H3,(H,17,21). The molecule has 2 aromatic rings. The highest BCUT2D eigenvalue weighted by atomic mass is 32.2. The lowest BCUT2D eigenvalue weighted by atomic mass is 10.2. The van der Waals surface area contributed by atoms with Crippen LogP contribution < -0.4 is 10.2 Å².